The second-order valence-corrected chi connectivity index (χ2v) is 14.5. The van der Waals surface area contributed by atoms with Crippen molar-refractivity contribution in [1.29, 1.82) is 0 Å². The molecule has 266 valence electrons. The number of methoxy groups -OCH3 is 1. The van der Waals surface area contributed by atoms with E-state index in [4.69, 9.17) is 23.7 Å². The maximum absolute atomic E-state index is 14.3. The molecule has 0 radical (unpaired) electrons. The van der Waals surface area contributed by atoms with E-state index in [0.717, 1.165) is 0 Å². The van der Waals surface area contributed by atoms with Gasteiger partial charge in [-0.3, -0.25) is 14.5 Å². The van der Waals surface area contributed by atoms with E-state index in [1.165, 1.54) is 0 Å². The highest BCUT2D eigenvalue weighted by Crippen LogP contribution is 2.39. The van der Waals surface area contributed by atoms with Gasteiger partial charge in [0, 0.05) is 32.2 Å². The lowest BCUT2D eigenvalue weighted by atomic mass is 9.74. The third-order valence-electron chi connectivity index (χ3n) is 9.93. The minimum atomic E-state index is -1.48. The number of aliphatic hydroxyl groups excluding tert-OH is 1. The lowest BCUT2D eigenvalue weighted by Gasteiger charge is -2.47. The summed E-state index contributed by atoms with van der Waals surface area (Å²) < 4.78 is 31.4. The molecular formula is C36H58N2O9. The number of hydrogen-bond donors (Lipinski definition) is 1. The van der Waals surface area contributed by atoms with Crippen molar-refractivity contribution in [2.45, 2.75) is 110 Å². The van der Waals surface area contributed by atoms with Crippen LogP contribution in [0.2, 0.25) is 0 Å². The Labute approximate surface area is 281 Å². The molecule has 0 amide bonds. The van der Waals surface area contributed by atoms with Crippen LogP contribution < -0.4 is 0 Å². The normalized spacial score (nSPS) is 34.6. The standard InChI is InChI=1S/C36H58N2O9/c1-23-20-36(6,43-10)31(25(3)30(40)35(4,5)34(42)44-22-27(17-14-18-39)38(9)21-23)47-33-29(28(37(7)8)19-24(2)45-33)46-32(41)26-15-12-11-13-16-26/h11-13,15-16,23-25,27-29,31,33,39H,14,17-22H2,1-10H3/t23-,24-,25+,27+,28+,29-,31-,33+,36-/m1/s1. The lowest BCUT2D eigenvalue weighted by Crippen LogP contribution is -2.60. The highest BCUT2D eigenvalue weighted by Gasteiger charge is 2.52. The van der Waals surface area contributed by atoms with Crippen molar-refractivity contribution in [3.05, 3.63) is 35.9 Å². The van der Waals surface area contributed by atoms with Crippen LogP contribution in [0.4, 0.5) is 0 Å². The number of likely N-dealkylation sites (N-methyl/N-ethyl adjacent to an activating group) is 2. The van der Waals surface area contributed by atoms with Crippen molar-refractivity contribution in [1.82, 2.24) is 9.80 Å². The maximum atomic E-state index is 14.3. The Balaban J connectivity index is 2.06. The smallest absolute Gasteiger partial charge is 0.338 e. The van der Waals surface area contributed by atoms with Crippen LogP contribution >= 0.6 is 0 Å². The van der Waals surface area contributed by atoms with Crippen molar-refractivity contribution >= 4 is 17.7 Å². The van der Waals surface area contributed by atoms with Crippen LogP contribution in [-0.4, -0.2) is 123 Å². The number of Topliss-reactive ketones (excluding diaryl/α,β-unsaturated/α-hetero) is 1. The van der Waals surface area contributed by atoms with E-state index in [1.54, 1.807) is 52.1 Å². The Morgan fingerprint density at radius 2 is 1.77 bits per heavy atom. The maximum Gasteiger partial charge on any atom is 0.338 e. The fraction of sp³-hybridized carbons (Fsp3) is 0.750. The van der Waals surface area contributed by atoms with Crippen molar-refractivity contribution in [3.63, 3.8) is 0 Å². The zero-order chi connectivity index (χ0) is 35.1. The van der Waals surface area contributed by atoms with Crippen molar-refractivity contribution in [2.24, 2.45) is 17.3 Å². The largest absolute Gasteiger partial charge is 0.463 e. The van der Waals surface area contributed by atoms with Gasteiger partial charge < -0.3 is 33.7 Å². The number of cyclic esters (lactones) is 1. The van der Waals surface area contributed by atoms with Gasteiger partial charge in [0.25, 0.3) is 0 Å². The van der Waals surface area contributed by atoms with Crippen molar-refractivity contribution < 1.29 is 43.2 Å². The van der Waals surface area contributed by atoms with Gasteiger partial charge in [-0.05, 0) is 92.6 Å². The molecule has 11 nitrogen and oxygen atoms in total. The first-order chi connectivity index (χ1) is 22.0. The van der Waals surface area contributed by atoms with E-state index in [-0.39, 0.29) is 43.1 Å². The van der Waals surface area contributed by atoms with Crippen LogP contribution in [0.5, 0.6) is 0 Å². The number of aliphatic hydroxyl groups is 1. The van der Waals surface area contributed by atoms with Gasteiger partial charge in [-0.2, -0.15) is 0 Å². The zero-order valence-electron chi connectivity index (χ0n) is 30.1. The van der Waals surface area contributed by atoms with Crippen molar-refractivity contribution in [3.8, 4) is 0 Å². The summed E-state index contributed by atoms with van der Waals surface area (Å²) in [6.07, 6.45) is -0.652. The van der Waals surface area contributed by atoms with Crippen molar-refractivity contribution in [2.75, 3.05) is 48.0 Å². The molecule has 0 aliphatic carbocycles. The minimum Gasteiger partial charge on any atom is -0.463 e. The molecule has 0 aromatic heterocycles. The molecule has 2 aliphatic heterocycles. The van der Waals surface area contributed by atoms with Crippen LogP contribution in [-0.2, 0) is 33.3 Å². The second-order valence-electron chi connectivity index (χ2n) is 14.5. The molecule has 2 fully saturated rings. The number of nitrogens with zero attached hydrogens (tertiary/aromatic N) is 2. The van der Waals surface area contributed by atoms with Crippen LogP contribution in [0.25, 0.3) is 0 Å². The first-order valence-corrected chi connectivity index (χ1v) is 16.9. The quantitative estimate of drug-likeness (QED) is 0.305. The number of hydrogen-bond acceptors (Lipinski definition) is 11. The number of carbonyl (C=O) groups is 3. The first-order valence-electron chi connectivity index (χ1n) is 16.9. The molecule has 3 rings (SSSR count). The van der Waals surface area contributed by atoms with Crippen LogP contribution in [0.3, 0.4) is 0 Å². The number of ketones is 1. The molecule has 11 heteroatoms. The summed E-state index contributed by atoms with van der Waals surface area (Å²) in [5.41, 5.74) is -2.08. The third kappa shape index (κ3) is 9.61. The molecule has 9 atom stereocenters. The molecule has 2 heterocycles. The molecule has 47 heavy (non-hydrogen) atoms. The Hall–Kier alpha value is -2.41. The minimum absolute atomic E-state index is 0.0360. The molecule has 1 aromatic rings. The topological polar surface area (TPSA) is 124 Å². The van der Waals surface area contributed by atoms with Gasteiger partial charge in [-0.15, -0.1) is 0 Å². The summed E-state index contributed by atoms with van der Waals surface area (Å²) in [7, 11) is 7.43. The zero-order valence-corrected chi connectivity index (χ0v) is 30.1. The van der Waals surface area contributed by atoms with Crippen LogP contribution in [0.1, 0.15) is 77.6 Å². The monoisotopic (exact) mass is 662 g/mol. The summed E-state index contributed by atoms with van der Waals surface area (Å²) in [5.74, 6) is -2.23. The van der Waals surface area contributed by atoms with E-state index in [1.807, 2.05) is 46.0 Å². The summed E-state index contributed by atoms with van der Waals surface area (Å²) >= 11 is 0. The van der Waals surface area contributed by atoms with E-state index in [2.05, 4.69) is 11.8 Å². The average molecular weight is 663 g/mol. The molecule has 0 saturated carbocycles. The second kappa shape index (κ2) is 16.8. The molecule has 2 saturated heterocycles. The molecule has 1 N–H and O–H groups in total. The molecule has 2 aliphatic rings. The predicted molar refractivity (Wildman–Crippen MR) is 178 cm³/mol. The van der Waals surface area contributed by atoms with Crippen LogP contribution in [0, 0.1) is 17.3 Å². The van der Waals surface area contributed by atoms with Gasteiger partial charge in [0.05, 0.1) is 29.4 Å². The molecule has 0 bridgehead atoms. The van der Waals surface area contributed by atoms with E-state index in [0.29, 0.717) is 37.8 Å². The Bertz CT molecular complexity index is 1180. The Morgan fingerprint density at radius 1 is 1.11 bits per heavy atom. The predicted octanol–water partition coefficient (Wildman–Crippen LogP) is 3.95. The fourth-order valence-electron chi connectivity index (χ4n) is 7.10. The van der Waals surface area contributed by atoms with Gasteiger partial charge in [0.15, 0.2) is 18.2 Å². The van der Waals surface area contributed by atoms with E-state index in [9.17, 15) is 19.5 Å². The Morgan fingerprint density at radius 3 is 2.36 bits per heavy atom. The third-order valence-corrected chi connectivity index (χ3v) is 9.93. The fourth-order valence-corrected chi connectivity index (χ4v) is 7.10. The number of ether oxygens (including phenoxy) is 5. The van der Waals surface area contributed by atoms with Gasteiger partial charge in [0.2, 0.25) is 0 Å². The number of rotatable bonds is 9. The average Bonchev–Trinajstić information content (AvgIpc) is 3.03. The Kier molecular flexibility index (Phi) is 14.0. The van der Waals surface area contributed by atoms with Gasteiger partial charge in [-0.25, -0.2) is 4.79 Å². The lowest BCUT2D eigenvalue weighted by molar-refractivity contribution is -0.295. The number of benzene rings is 1. The molecule has 0 unspecified atom stereocenters. The van der Waals surface area contributed by atoms with Gasteiger partial charge >= 0.3 is 11.9 Å². The number of carbonyl (C=O) groups excluding carboxylic acids is 3. The summed E-state index contributed by atoms with van der Waals surface area (Å²) in [4.78, 5) is 45.3. The van der Waals surface area contributed by atoms with E-state index >= 15 is 0 Å². The highest BCUT2D eigenvalue weighted by molar-refractivity contribution is 6.04. The molecular weight excluding hydrogens is 604 g/mol. The van der Waals surface area contributed by atoms with E-state index < -0.39 is 47.4 Å². The highest BCUT2D eigenvalue weighted by atomic mass is 16.7. The number of esters is 2. The molecule has 0 spiro atoms. The summed E-state index contributed by atoms with van der Waals surface area (Å²) in [5, 5.41) is 9.49. The van der Waals surface area contributed by atoms with Gasteiger partial charge in [0.1, 0.15) is 12.0 Å². The SMILES string of the molecule is CO[C@]1(C)C[C@@H](C)CN(C)[C@@H](CCCO)COC(=O)C(C)(C)C(=O)[C@H](C)[C@H]1O[C@@H]1O[C@H](C)C[C@H](N(C)C)[C@H]1OC(=O)c1ccccc1. The summed E-state index contributed by atoms with van der Waals surface area (Å²) in [6.45, 7) is 11.7. The first kappa shape index (κ1) is 39.0. The van der Waals surface area contributed by atoms with Crippen LogP contribution in [0.15, 0.2) is 30.3 Å². The summed E-state index contributed by atoms with van der Waals surface area (Å²) in [6, 6.07) is 8.41. The molecule has 1 aromatic carbocycles. The van der Waals surface area contributed by atoms with Gasteiger partial charge in [-0.1, -0.05) is 32.0 Å².